The van der Waals surface area contributed by atoms with Gasteiger partial charge < -0.3 is 5.73 Å². The van der Waals surface area contributed by atoms with Crippen molar-refractivity contribution in [2.45, 2.75) is 0 Å². The minimum atomic E-state index is -0.111. The molecule has 6 nitrogen and oxygen atoms in total. The van der Waals surface area contributed by atoms with Crippen LogP contribution in [0.2, 0.25) is 5.02 Å². The summed E-state index contributed by atoms with van der Waals surface area (Å²) in [6.45, 7) is 0. The van der Waals surface area contributed by atoms with E-state index in [2.05, 4.69) is 19.9 Å². The van der Waals surface area contributed by atoms with E-state index in [1.807, 2.05) is 6.07 Å². The first-order valence-electron chi connectivity index (χ1n) is 5.72. The van der Waals surface area contributed by atoms with Crippen LogP contribution in [0.1, 0.15) is 5.69 Å². The zero-order valence-corrected chi connectivity index (χ0v) is 11.0. The largest absolute Gasteiger partial charge is 0.382 e. The molecular formula is C13H9ClN6. The van der Waals surface area contributed by atoms with Gasteiger partial charge in [0.05, 0.1) is 16.2 Å². The number of nitrogens with one attached hydrogen (secondary N) is 1. The van der Waals surface area contributed by atoms with Crippen molar-refractivity contribution >= 4 is 28.5 Å². The van der Waals surface area contributed by atoms with Gasteiger partial charge in [-0.1, -0.05) is 11.6 Å². The zero-order chi connectivity index (χ0) is 14.1. The highest BCUT2D eigenvalue weighted by Crippen LogP contribution is 2.27. The van der Waals surface area contributed by atoms with E-state index in [4.69, 9.17) is 22.7 Å². The fraction of sp³-hybridized carbons (Fsp3) is 0. The number of nitrogen functional groups attached to an aromatic ring is 1. The number of halogens is 1. The fourth-order valence-corrected chi connectivity index (χ4v) is 2.11. The van der Waals surface area contributed by atoms with E-state index >= 15 is 0 Å². The lowest BCUT2D eigenvalue weighted by Gasteiger charge is -2.05. The van der Waals surface area contributed by atoms with Crippen LogP contribution in [0.15, 0.2) is 36.9 Å². The molecule has 0 aliphatic heterocycles. The van der Waals surface area contributed by atoms with Crippen LogP contribution in [-0.4, -0.2) is 25.8 Å². The second kappa shape index (κ2) is 4.82. The van der Waals surface area contributed by atoms with E-state index < -0.39 is 0 Å². The summed E-state index contributed by atoms with van der Waals surface area (Å²) in [5.41, 5.74) is 8.50. The van der Waals surface area contributed by atoms with Crippen LogP contribution in [0.3, 0.4) is 0 Å². The van der Waals surface area contributed by atoms with Gasteiger partial charge in [0.2, 0.25) is 0 Å². The summed E-state index contributed by atoms with van der Waals surface area (Å²) < 4.78 is 0. The second-order valence-electron chi connectivity index (χ2n) is 4.08. The summed E-state index contributed by atoms with van der Waals surface area (Å²) in [6.07, 6.45) is 4.55. The van der Waals surface area contributed by atoms with Crippen molar-refractivity contribution in [3.8, 4) is 11.3 Å². The maximum Gasteiger partial charge on any atom is 0.141 e. The number of hydrogen-bond acceptors (Lipinski definition) is 5. The van der Waals surface area contributed by atoms with Crippen molar-refractivity contribution < 1.29 is 0 Å². The van der Waals surface area contributed by atoms with Gasteiger partial charge >= 0.3 is 0 Å². The van der Waals surface area contributed by atoms with Gasteiger partial charge in [-0.2, -0.15) is 0 Å². The number of fused-ring (bicyclic) bond motifs is 1. The highest BCUT2D eigenvalue weighted by molar-refractivity contribution is 6.35. The third-order valence-electron chi connectivity index (χ3n) is 2.77. The number of rotatable bonds is 2. The smallest absolute Gasteiger partial charge is 0.141 e. The minimum Gasteiger partial charge on any atom is -0.382 e. The topological polar surface area (TPSA) is 101 Å². The number of amidine groups is 1. The highest BCUT2D eigenvalue weighted by Gasteiger charge is 2.09. The lowest BCUT2D eigenvalue weighted by atomic mass is 10.1. The molecule has 2 aromatic heterocycles. The quantitative estimate of drug-likeness (QED) is 0.554. The standard InChI is InChI=1S/C13H9ClN6/c14-8-3-7(4-10-12(8)18-2-1-17-10)9-5-11(13(15)16)20-6-19-9/h1-6H,(H3,15,16). The Hall–Kier alpha value is -2.60. The fourth-order valence-electron chi connectivity index (χ4n) is 1.84. The molecule has 0 amide bonds. The Morgan fingerprint density at radius 3 is 2.65 bits per heavy atom. The number of aromatic nitrogens is 4. The maximum atomic E-state index is 7.41. The lowest BCUT2D eigenvalue weighted by molar-refractivity contribution is 1.14. The third kappa shape index (κ3) is 2.17. The summed E-state index contributed by atoms with van der Waals surface area (Å²) in [4.78, 5) is 16.5. The predicted octanol–water partition coefficient (Wildman–Crippen LogP) is 2.02. The minimum absolute atomic E-state index is 0.111. The van der Waals surface area contributed by atoms with Crippen LogP contribution < -0.4 is 5.73 Å². The van der Waals surface area contributed by atoms with Crippen LogP contribution in [0, 0.1) is 5.41 Å². The third-order valence-corrected chi connectivity index (χ3v) is 3.05. The molecule has 3 aromatic rings. The number of hydrogen-bond donors (Lipinski definition) is 2. The van der Waals surface area contributed by atoms with E-state index in [1.165, 1.54) is 6.33 Å². The van der Waals surface area contributed by atoms with Gasteiger partial charge in [0.1, 0.15) is 23.4 Å². The number of benzene rings is 1. The molecule has 1 aromatic carbocycles. The average molecular weight is 285 g/mol. The van der Waals surface area contributed by atoms with Crippen molar-refractivity contribution in [3.05, 3.63) is 47.6 Å². The molecule has 0 bridgehead atoms. The molecule has 3 rings (SSSR count). The molecule has 2 heterocycles. The predicted molar refractivity (Wildman–Crippen MR) is 76.6 cm³/mol. The monoisotopic (exact) mass is 284 g/mol. The normalized spacial score (nSPS) is 10.7. The van der Waals surface area contributed by atoms with Gasteiger partial charge in [0, 0.05) is 18.0 Å². The molecule has 0 fully saturated rings. The Labute approximate surface area is 119 Å². The Kier molecular flexibility index (Phi) is 3.00. The van der Waals surface area contributed by atoms with Gasteiger partial charge in [0.15, 0.2) is 0 Å². The molecule has 0 aliphatic carbocycles. The Morgan fingerprint density at radius 1 is 1.05 bits per heavy atom. The molecule has 0 unspecified atom stereocenters. The van der Waals surface area contributed by atoms with Gasteiger partial charge in [-0.15, -0.1) is 0 Å². The first-order chi connectivity index (χ1) is 9.65. The van der Waals surface area contributed by atoms with E-state index in [9.17, 15) is 0 Å². The van der Waals surface area contributed by atoms with Crippen LogP contribution in [0.5, 0.6) is 0 Å². The second-order valence-corrected chi connectivity index (χ2v) is 4.49. The molecular weight excluding hydrogens is 276 g/mol. The molecule has 0 spiro atoms. The summed E-state index contributed by atoms with van der Waals surface area (Å²) in [5, 5.41) is 7.90. The first-order valence-corrected chi connectivity index (χ1v) is 6.10. The van der Waals surface area contributed by atoms with Crippen LogP contribution in [0.4, 0.5) is 0 Å². The van der Waals surface area contributed by atoms with Gasteiger partial charge in [-0.3, -0.25) is 15.4 Å². The molecule has 0 aliphatic rings. The van der Waals surface area contributed by atoms with Crippen molar-refractivity contribution in [1.82, 2.24) is 19.9 Å². The summed E-state index contributed by atoms with van der Waals surface area (Å²) in [7, 11) is 0. The number of nitrogens with zero attached hydrogens (tertiary/aromatic N) is 4. The van der Waals surface area contributed by atoms with Crippen LogP contribution in [0.25, 0.3) is 22.3 Å². The summed E-state index contributed by atoms with van der Waals surface area (Å²) >= 11 is 6.20. The van der Waals surface area contributed by atoms with E-state index in [0.717, 1.165) is 5.56 Å². The van der Waals surface area contributed by atoms with Crippen molar-refractivity contribution in [3.63, 3.8) is 0 Å². The molecule has 0 radical (unpaired) electrons. The summed E-state index contributed by atoms with van der Waals surface area (Å²) in [6, 6.07) is 5.22. The molecule has 0 atom stereocenters. The zero-order valence-electron chi connectivity index (χ0n) is 10.2. The van der Waals surface area contributed by atoms with Gasteiger partial charge in [-0.25, -0.2) is 9.97 Å². The van der Waals surface area contributed by atoms with Crippen molar-refractivity contribution in [2.75, 3.05) is 0 Å². The van der Waals surface area contributed by atoms with E-state index in [-0.39, 0.29) is 5.84 Å². The molecule has 0 saturated carbocycles. The van der Waals surface area contributed by atoms with Crippen LogP contribution >= 0.6 is 11.6 Å². The van der Waals surface area contributed by atoms with Gasteiger partial charge in [-0.05, 0) is 18.2 Å². The molecule has 0 saturated heterocycles. The van der Waals surface area contributed by atoms with Crippen molar-refractivity contribution in [2.24, 2.45) is 5.73 Å². The molecule has 3 N–H and O–H groups in total. The first kappa shape index (κ1) is 12.4. The lowest BCUT2D eigenvalue weighted by Crippen LogP contribution is -2.13. The van der Waals surface area contributed by atoms with Crippen LogP contribution in [-0.2, 0) is 0 Å². The van der Waals surface area contributed by atoms with E-state index in [0.29, 0.717) is 27.4 Å². The molecule has 98 valence electrons. The summed E-state index contributed by atoms with van der Waals surface area (Å²) in [5.74, 6) is -0.111. The highest BCUT2D eigenvalue weighted by atomic mass is 35.5. The Bertz CT molecular complexity index is 817. The Morgan fingerprint density at radius 2 is 1.85 bits per heavy atom. The average Bonchev–Trinajstić information content (AvgIpc) is 2.47. The maximum absolute atomic E-state index is 7.41. The Balaban J connectivity index is 2.19. The van der Waals surface area contributed by atoms with Gasteiger partial charge in [0.25, 0.3) is 0 Å². The SMILES string of the molecule is N=C(N)c1cc(-c2cc(Cl)c3nccnc3c2)ncn1. The van der Waals surface area contributed by atoms with E-state index in [1.54, 1.807) is 24.5 Å². The van der Waals surface area contributed by atoms with Crippen molar-refractivity contribution in [1.29, 1.82) is 5.41 Å². The molecule has 7 heteroatoms. The molecule has 20 heavy (non-hydrogen) atoms. The number of nitrogens with two attached hydrogens (primary N) is 1.